The number of nitrogens with one attached hydrogen (secondary N) is 2. The highest BCUT2D eigenvalue weighted by Crippen LogP contribution is 2.59. The maximum absolute atomic E-state index is 13.1. The number of carbonyl (C=O) groups excluding carboxylic acids is 1. The highest BCUT2D eigenvalue weighted by Gasteiger charge is 2.62. The summed E-state index contributed by atoms with van der Waals surface area (Å²) in [4.78, 5) is 21.0. The molecule has 4 rings (SSSR count). The monoisotopic (exact) mass is 659 g/mol. The van der Waals surface area contributed by atoms with Crippen LogP contribution < -0.4 is 20.5 Å². The number of alkyl halides is 3. The fraction of sp³-hybridized carbons (Fsp3) is 0.571. The fourth-order valence-corrected chi connectivity index (χ4v) is 6.57. The molecule has 0 spiro atoms. The van der Waals surface area contributed by atoms with Crippen molar-refractivity contribution in [1.82, 2.24) is 24.8 Å². The summed E-state index contributed by atoms with van der Waals surface area (Å²) in [5.41, 5.74) is 4.00. The molecule has 0 bridgehead atoms. The molecule has 1 amide bonds. The van der Waals surface area contributed by atoms with Crippen molar-refractivity contribution in [2.24, 2.45) is 22.1 Å². The van der Waals surface area contributed by atoms with Crippen molar-refractivity contribution >= 4 is 33.2 Å². The van der Waals surface area contributed by atoms with Crippen LogP contribution >= 0.6 is 11.6 Å². The van der Waals surface area contributed by atoms with Crippen molar-refractivity contribution < 1.29 is 31.1 Å². The predicted octanol–water partition coefficient (Wildman–Crippen LogP) is 4.52. The SMILES string of the molecule is CC(=NCCC[C@@H]1CNC(C)(C)C1)C(=CN)S(=O)(=O)NC(=O)c1ccc(-n2ccc(OCCC3(C(F)(F)F)CC3)n2)nc1Cl. The Balaban J connectivity index is 1.32. The molecular formula is C28H37ClF3N7O4S. The average molecular weight is 660 g/mol. The van der Waals surface area contributed by atoms with Crippen LogP contribution in [-0.4, -0.2) is 66.2 Å². The molecule has 242 valence electrons. The molecule has 1 aliphatic carbocycles. The van der Waals surface area contributed by atoms with E-state index in [1.807, 2.05) is 4.72 Å². The van der Waals surface area contributed by atoms with Gasteiger partial charge in [-0.3, -0.25) is 9.79 Å². The van der Waals surface area contributed by atoms with E-state index in [-0.39, 0.29) is 64.4 Å². The lowest BCUT2D eigenvalue weighted by molar-refractivity contribution is -0.190. The number of amides is 1. The number of ether oxygens (including phenoxy) is 1. The number of nitrogens with two attached hydrogens (primary N) is 1. The Morgan fingerprint density at radius 1 is 1.32 bits per heavy atom. The van der Waals surface area contributed by atoms with Crippen LogP contribution in [0.1, 0.15) is 69.7 Å². The summed E-state index contributed by atoms with van der Waals surface area (Å²) in [7, 11) is -4.38. The molecule has 4 N–H and O–H groups in total. The van der Waals surface area contributed by atoms with Crippen LogP contribution in [0.2, 0.25) is 5.15 Å². The molecule has 1 saturated heterocycles. The van der Waals surface area contributed by atoms with Crippen LogP contribution in [0.15, 0.2) is 40.5 Å². The van der Waals surface area contributed by atoms with Gasteiger partial charge in [0, 0.05) is 30.5 Å². The maximum atomic E-state index is 13.1. The van der Waals surface area contributed by atoms with Crippen LogP contribution in [0.25, 0.3) is 5.82 Å². The number of aliphatic imine (C=N–C) groups is 1. The zero-order chi connectivity index (χ0) is 32.3. The Morgan fingerprint density at radius 2 is 2.05 bits per heavy atom. The predicted molar refractivity (Wildman–Crippen MR) is 160 cm³/mol. The molecule has 0 radical (unpaired) electrons. The van der Waals surface area contributed by atoms with E-state index in [0.717, 1.165) is 32.0 Å². The van der Waals surface area contributed by atoms with E-state index in [1.165, 1.54) is 36.0 Å². The zero-order valence-electron chi connectivity index (χ0n) is 24.7. The quantitative estimate of drug-likeness (QED) is 0.161. The van der Waals surface area contributed by atoms with E-state index in [0.29, 0.717) is 12.5 Å². The number of sulfonamides is 1. The molecule has 2 aromatic heterocycles. The fourth-order valence-electron chi connectivity index (χ4n) is 5.24. The van der Waals surface area contributed by atoms with Crippen LogP contribution in [-0.2, 0) is 10.0 Å². The molecule has 1 aliphatic heterocycles. The van der Waals surface area contributed by atoms with Gasteiger partial charge >= 0.3 is 6.18 Å². The number of halogens is 4. The first-order chi connectivity index (χ1) is 20.6. The maximum Gasteiger partial charge on any atom is 0.394 e. The average Bonchev–Trinajstić information content (AvgIpc) is 3.45. The minimum Gasteiger partial charge on any atom is -0.477 e. The number of allylic oxidation sites excluding steroid dienone is 1. The second kappa shape index (κ2) is 13.1. The lowest BCUT2D eigenvalue weighted by atomic mass is 9.94. The summed E-state index contributed by atoms with van der Waals surface area (Å²) in [6.45, 7) is 7.03. The van der Waals surface area contributed by atoms with Gasteiger partial charge in [0.2, 0.25) is 5.88 Å². The molecule has 2 aliphatic rings. The molecule has 2 fully saturated rings. The summed E-state index contributed by atoms with van der Waals surface area (Å²) in [6, 6.07) is 4.09. The van der Waals surface area contributed by atoms with Crippen molar-refractivity contribution in [3.8, 4) is 11.7 Å². The zero-order valence-corrected chi connectivity index (χ0v) is 26.3. The number of hydrogen-bond acceptors (Lipinski definition) is 9. The minimum atomic E-state index is -4.38. The van der Waals surface area contributed by atoms with Gasteiger partial charge in [0.1, 0.15) is 10.1 Å². The first-order valence-electron chi connectivity index (χ1n) is 14.2. The van der Waals surface area contributed by atoms with Gasteiger partial charge in [-0.2, -0.15) is 13.2 Å². The number of carbonyl (C=O) groups is 1. The summed E-state index contributed by atoms with van der Waals surface area (Å²) in [5.74, 6) is -0.235. The van der Waals surface area contributed by atoms with Crippen LogP contribution in [0.3, 0.4) is 0 Å². The van der Waals surface area contributed by atoms with E-state index >= 15 is 0 Å². The summed E-state index contributed by atoms with van der Waals surface area (Å²) < 4.78 is 73.9. The molecule has 0 aromatic carbocycles. The number of aromatic nitrogens is 3. The summed E-state index contributed by atoms with van der Waals surface area (Å²) >= 11 is 6.21. The number of rotatable bonds is 13. The lowest BCUT2D eigenvalue weighted by Crippen LogP contribution is -2.34. The third-order valence-electron chi connectivity index (χ3n) is 7.98. The second-order valence-electron chi connectivity index (χ2n) is 11.9. The Labute approximate surface area is 259 Å². The third kappa shape index (κ3) is 8.10. The van der Waals surface area contributed by atoms with Crippen LogP contribution in [0.4, 0.5) is 13.2 Å². The van der Waals surface area contributed by atoms with Crippen LogP contribution in [0, 0.1) is 11.3 Å². The van der Waals surface area contributed by atoms with E-state index in [4.69, 9.17) is 22.1 Å². The summed E-state index contributed by atoms with van der Waals surface area (Å²) in [6.07, 6.45) is 0.891. The minimum absolute atomic E-state index is 0.0893. The third-order valence-corrected chi connectivity index (χ3v) is 9.73. The van der Waals surface area contributed by atoms with Gasteiger partial charge in [0.25, 0.3) is 15.9 Å². The summed E-state index contributed by atoms with van der Waals surface area (Å²) in [5, 5.41) is 7.30. The number of pyridine rings is 1. The van der Waals surface area contributed by atoms with E-state index < -0.39 is 27.5 Å². The molecule has 44 heavy (non-hydrogen) atoms. The largest absolute Gasteiger partial charge is 0.477 e. The van der Waals surface area contributed by atoms with E-state index in [1.54, 1.807) is 0 Å². The Morgan fingerprint density at radius 3 is 2.64 bits per heavy atom. The topological polar surface area (TPSA) is 154 Å². The molecular weight excluding hydrogens is 623 g/mol. The van der Waals surface area contributed by atoms with Crippen molar-refractivity contribution in [3.05, 3.63) is 46.2 Å². The smallest absolute Gasteiger partial charge is 0.394 e. The van der Waals surface area contributed by atoms with Gasteiger partial charge in [-0.1, -0.05) is 11.6 Å². The van der Waals surface area contributed by atoms with Gasteiger partial charge in [-0.05, 0) is 83.9 Å². The van der Waals surface area contributed by atoms with Crippen molar-refractivity contribution in [3.63, 3.8) is 0 Å². The molecule has 3 heterocycles. The molecule has 11 nitrogen and oxygen atoms in total. The first kappa shape index (κ1) is 33.7. The van der Waals surface area contributed by atoms with E-state index in [2.05, 4.69) is 34.2 Å². The van der Waals surface area contributed by atoms with Gasteiger partial charge in [-0.15, -0.1) is 5.10 Å². The van der Waals surface area contributed by atoms with Crippen LogP contribution in [0.5, 0.6) is 5.88 Å². The molecule has 1 saturated carbocycles. The number of hydrogen-bond donors (Lipinski definition) is 3. The second-order valence-corrected chi connectivity index (χ2v) is 13.9. The van der Waals surface area contributed by atoms with Gasteiger partial charge in [-0.25, -0.2) is 22.8 Å². The Hall–Kier alpha value is -3.17. The lowest BCUT2D eigenvalue weighted by Gasteiger charge is -2.18. The Kier molecular flexibility index (Phi) is 10.0. The molecule has 0 unspecified atom stereocenters. The molecule has 2 aromatic rings. The first-order valence-corrected chi connectivity index (χ1v) is 16.1. The van der Waals surface area contributed by atoms with Crippen molar-refractivity contribution in [2.45, 2.75) is 71.0 Å². The highest BCUT2D eigenvalue weighted by atomic mass is 35.5. The van der Waals surface area contributed by atoms with Crippen molar-refractivity contribution in [1.29, 1.82) is 0 Å². The molecule has 16 heteroatoms. The van der Waals surface area contributed by atoms with E-state index in [9.17, 15) is 26.4 Å². The van der Waals surface area contributed by atoms with Gasteiger partial charge in [0.15, 0.2) is 5.82 Å². The van der Waals surface area contributed by atoms with Crippen molar-refractivity contribution in [2.75, 3.05) is 19.7 Å². The number of nitrogens with zero attached hydrogens (tertiary/aromatic N) is 4. The Bertz CT molecular complexity index is 1540. The standard InChI is InChI=1S/C28H37ClF3N7O4S/c1-18(34-12-4-5-19-15-26(2,3)35-17-19)21(16-33)44(41,42)38-25(40)20-6-7-22(36-24(20)29)39-13-8-23(37-39)43-14-11-27(9-10-27)28(30,31)32/h6-8,13,16,19,35H,4-5,9-12,14-15,17,33H2,1-3H3,(H,38,40)/t19-/m0/s1. The van der Waals surface area contributed by atoms with Gasteiger partial charge < -0.3 is 15.8 Å². The normalized spacial score (nSPS) is 20.0. The molecule has 1 atom stereocenters. The highest BCUT2D eigenvalue weighted by molar-refractivity contribution is 7.95. The van der Waals surface area contributed by atoms with Gasteiger partial charge in [0.05, 0.1) is 23.3 Å².